The molecular weight excluding hydrogens is 394 g/mol. The van der Waals surface area contributed by atoms with Crippen LogP contribution in [0, 0.1) is 13.8 Å². The zero-order valence-electron chi connectivity index (χ0n) is 17.8. The summed E-state index contributed by atoms with van der Waals surface area (Å²) in [6.45, 7) is 7.69. The van der Waals surface area contributed by atoms with Gasteiger partial charge in [0.25, 0.3) is 5.91 Å². The highest BCUT2D eigenvalue weighted by atomic mass is 16.5. The number of para-hydroxylation sites is 1. The molecule has 0 unspecified atom stereocenters. The third kappa shape index (κ3) is 4.85. The molecule has 0 radical (unpaired) electrons. The van der Waals surface area contributed by atoms with Crippen molar-refractivity contribution in [3.8, 4) is 5.75 Å². The topological polar surface area (TPSA) is 87.1 Å². The molecule has 1 N–H and O–H groups in total. The molecule has 0 saturated carbocycles. The van der Waals surface area contributed by atoms with Gasteiger partial charge in [0.15, 0.2) is 5.76 Å². The SMILES string of the molecule is CCn1cc(Cn2cc(NC(=O)c3ccc(COc4c(C)cccc4C)o3)cn2)cn1. The van der Waals surface area contributed by atoms with Gasteiger partial charge in [-0.05, 0) is 44.0 Å². The Morgan fingerprint density at radius 1 is 1.06 bits per heavy atom. The molecule has 0 spiro atoms. The number of nitrogens with one attached hydrogen (secondary N) is 1. The molecule has 31 heavy (non-hydrogen) atoms. The molecular formula is C23H25N5O3. The normalized spacial score (nSPS) is 10.9. The third-order valence-corrected chi connectivity index (χ3v) is 4.90. The van der Waals surface area contributed by atoms with E-state index >= 15 is 0 Å². The number of carbonyl (C=O) groups is 1. The van der Waals surface area contributed by atoms with E-state index in [0.717, 1.165) is 29.0 Å². The first-order valence-electron chi connectivity index (χ1n) is 10.1. The fourth-order valence-corrected chi connectivity index (χ4v) is 3.30. The van der Waals surface area contributed by atoms with Crippen molar-refractivity contribution < 1.29 is 13.9 Å². The number of aryl methyl sites for hydroxylation is 3. The molecule has 0 aliphatic heterocycles. The molecule has 160 valence electrons. The maximum atomic E-state index is 12.5. The standard InChI is InChI=1S/C23H25N5O3/c1-4-27-12-18(10-24-27)13-28-14-19(11-25-28)26-23(29)21-9-8-20(31-21)15-30-22-16(2)6-5-7-17(22)3/h5-12,14H,4,13,15H2,1-3H3,(H,26,29). The lowest BCUT2D eigenvalue weighted by atomic mass is 10.1. The number of amides is 1. The molecule has 3 heterocycles. The summed E-state index contributed by atoms with van der Waals surface area (Å²) in [4.78, 5) is 12.5. The van der Waals surface area contributed by atoms with Crippen LogP contribution in [0.2, 0.25) is 0 Å². The van der Waals surface area contributed by atoms with Gasteiger partial charge in [-0.1, -0.05) is 18.2 Å². The van der Waals surface area contributed by atoms with Crippen LogP contribution in [0.15, 0.2) is 59.5 Å². The van der Waals surface area contributed by atoms with Crippen LogP contribution in [-0.2, 0) is 19.7 Å². The van der Waals surface area contributed by atoms with E-state index < -0.39 is 0 Å². The first kappa shape index (κ1) is 20.5. The lowest BCUT2D eigenvalue weighted by Gasteiger charge is -2.10. The fraction of sp³-hybridized carbons (Fsp3) is 0.261. The summed E-state index contributed by atoms with van der Waals surface area (Å²) in [5.74, 6) is 1.30. The lowest BCUT2D eigenvalue weighted by Crippen LogP contribution is -2.10. The summed E-state index contributed by atoms with van der Waals surface area (Å²) in [5, 5.41) is 11.4. The van der Waals surface area contributed by atoms with Gasteiger partial charge in [-0.15, -0.1) is 0 Å². The second kappa shape index (κ2) is 8.91. The number of benzene rings is 1. The number of anilines is 1. The van der Waals surface area contributed by atoms with Crippen molar-refractivity contribution in [1.29, 1.82) is 0 Å². The highest BCUT2D eigenvalue weighted by Gasteiger charge is 2.14. The molecule has 3 aromatic heterocycles. The van der Waals surface area contributed by atoms with Gasteiger partial charge in [0.1, 0.15) is 18.1 Å². The largest absolute Gasteiger partial charge is 0.485 e. The Bertz CT molecular complexity index is 1170. The van der Waals surface area contributed by atoms with E-state index in [-0.39, 0.29) is 18.3 Å². The zero-order chi connectivity index (χ0) is 21.8. The van der Waals surface area contributed by atoms with Crippen molar-refractivity contribution in [2.24, 2.45) is 0 Å². The predicted molar refractivity (Wildman–Crippen MR) is 116 cm³/mol. The minimum Gasteiger partial charge on any atom is -0.485 e. The molecule has 8 heteroatoms. The van der Waals surface area contributed by atoms with Crippen molar-refractivity contribution in [3.05, 3.63) is 83.3 Å². The number of furan rings is 1. The molecule has 0 bridgehead atoms. The first-order chi connectivity index (χ1) is 15.0. The minimum absolute atomic E-state index is 0.220. The molecule has 4 rings (SSSR count). The van der Waals surface area contributed by atoms with Gasteiger partial charge in [-0.3, -0.25) is 14.2 Å². The second-order valence-corrected chi connectivity index (χ2v) is 7.36. The average Bonchev–Trinajstić information content (AvgIpc) is 3.49. The van der Waals surface area contributed by atoms with Gasteiger partial charge in [-0.25, -0.2) is 0 Å². The number of rotatable bonds is 8. The van der Waals surface area contributed by atoms with E-state index in [2.05, 4.69) is 15.5 Å². The highest BCUT2D eigenvalue weighted by Crippen LogP contribution is 2.24. The monoisotopic (exact) mass is 419 g/mol. The Labute approximate surface area is 180 Å². The van der Waals surface area contributed by atoms with E-state index in [1.165, 1.54) is 0 Å². The molecule has 0 saturated heterocycles. The van der Waals surface area contributed by atoms with Crippen LogP contribution >= 0.6 is 0 Å². The van der Waals surface area contributed by atoms with E-state index in [0.29, 0.717) is 18.0 Å². The molecule has 4 aromatic rings. The first-order valence-corrected chi connectivity index (χ1v) is 10.1. The summed E-state index contributed by atoms with van der Waals surface area (Å²) in [7, 11) is 0. The second-order valence-electron chi connectivity index (χ2n) is 7.36. The predicted octanol–water partition coefficient (Wildman–Crippen LogP) is 4.19. The van der Waals surface area contributed by atoms with Gasteiger partial charge in [-0.2, -0.15) is 10.2 Å². The van der Waals surface area contributed by atoms with E-state index in [1.54, 1.807) is 29.2 Å². The van der Waals surface area contributed by atoms with Gasteiger partial charge < -0.3 is 14.5 Å². The van der Waals surface area contributed by atoms with Crippen molar-refractivity contribution in [2.45, 2.75) is 40.5 Å². The Balaban J connectivity index is 1.34. The fourth-order valence-electron chi connectivity index (χ4n) is 3.30. The third-order valence-electron chi connectivity index (χ3n) is 4.90. The van der Waals surface area contributed by atoms with Crippen LogP contribution in [0.3, 0.4) is 0 Å². The van der Waals surface area contributed by atoms with E-state index in [4.69, 9.17) is 9.15 Å². The van der Waals surface area contributed by atoms with Crippen LogP contribution in [-0.4, -0.2) is 25.5 Å². The smallest absolute Gasteiger partial charge is 0.291 e. The van der Waals surface area contributed by atoms with Gasteiger partial charge in [0, 0.05) is 24.5 Å². The van der Waals surface area contributed by atoms with Crippen molar-refractivity contribution in [2.75, 3.05) is 5.32 Å². The van der Waals surface area contributed by atoms with Crippen molar-refractivity contribution in [3.63, 3.8) is 0 Å². The van der Waals surface area contributed by atoms with Crippen LogP contribution in [0.1, 0.15) is 39.9 Å². The van der Waals surface area contributed by atoms with Crippen LogP contribution < -0.4 is 10.1 Å². The number of aromatic nitrogens is 4. The molecule has 1 aromatic carbocycles. The summed E-state index contributed by atoms with van der Waals surface area (Å²) >= 11 is 0. The lowest BCUT2D eigenvalue weighted by molar-refractivity contribution is 0.0992. The molecule has 1 amide bonds. The average molecular weight is 419 g/mol. The quantitative estimate of drug-likeness (QED) is 0.463. The Hall–Kier alpha value is -3.81. The molecule has 0 atom stereocenters. The van der Waals surface area contributed by atoms with Crippen LogP contribution in [0.25, 0.3) is 0 Å². The van der Waals surface area contributed by atoms with Crippen LogP contribution in [0.4, 0.5) is 5.69 Å². The number of nitrogens with zero attached hydrogens (tertiary/aromatic N) is 4. The molecule has 0 aliphatic rings. The maximum absolute atomic E-state index is 12.5. The van der Waals surface area contributed by atoms with E-state index in [1.807, 2.05) is 56.0 Å². The Morgan fingerprint density at radius 2 is 1.84 bits per heavy atom. The summed E-state index contributed by atoms with van der Waals surface area (Å²) in [6, 6.07) is 9.38. The van der Waals surface area contributed by atoms with Gasteiger partial charge in [0.05, 0.1) is 24.6 Å². The van der Waals surface area contributed by atoms with Gasteiger partial charge in [0.2, 0.25) is 0 Å². The molecule has 8 nitrogen and oxygen atoms in total. The van der Waals surface area contributed by atoms with Crippen LogP contribution in [0.5, 0.6) is 5.75 Å². The van der Waals surface area contributed by atoms with Crippen molar-refractivity contribution in [1.82, 2.24) is 19.6 Å². The van der Waals surface area contributed by atoms with E-state index in [9.17, 15) is 4.79 Å². The minimum atomic E-state index is -0.336. The summed E-state index contributed by atoms with van der Waals surface area (Å²) < 4.78 is 15.2. The zero-order valence-corrected chi connectivity index (χ0v) is 17.8. The van der Waals surface area contributed by atoms with Crippen molar-refractivity contribution >= 4 is 11.6 Å². The molecule has 0 aliphatic carbocycles. The Kier molecular flexibility index (Phi) is 5.88. The Morgan fingerprint density at radius 3 is 2.58 bits per heavy atom. The number of hydrogen-bond acceptors (Lipinski definition) is 5. The number of carbonyl (C=O) groups excluding carboxylic acids is 1. The van der Waals surface area contributed by atoms with Gasteiger partial charge >= 0.3 is 0 Å². The molecule has 0 fully saturated rings. The summed E-state index contributed by atoms with van der Waals surface area (Å²) in [5.41, 5.74) is 3.76. The highest BCUT2D eigenvalue weighted by molar-refractivity contribution is 6.02. The number of hydrogen-bond donors (Lipinski definition) is 1. The summed E-state index contributed by atoms with van der Waals surface area (Å²) in [6.07, 6.45) is 7.17. The number of ether oxygens (including phenoxy) is 1. The maximum Gasteiger partial charge on any atom is 0.291 e.